The van der Waals surface area contributed by atoms with Gasteiger partial charge in [-0.25, -0.2) is 0 Å². The van der Waals surface area contributed by atoms with Gasteiger partial charge in [-0.2, -0.15) is 0 Å². The number of fused-ring (bicyclic) bond motifs is 3. The predicted octanol–water partition coefficient (Wildman–Crippen LogP) is 1.65. The smallest absolute Gasteiger partial charge is 0.161 e. The average Bonchev–Trinajstić information content (AvgIpc) is 2.81. The number of nitrogens with one attached hydrogen (secondary N) is 1. The van der Waals surface area contributed by atoms with Gasteiger partial charge in [0.1, 0.15) is 12.7 Å². The standard InChI is InChI=1S/C16H22N2O2/c1-2-4-16-15(3-1)19-11-14(20-16)10-18-8-7-12-5-6-13(9-18)17-12/h1-4,12-14,17H,5-11H2. The molecule has 3 aliphatic rings. The summed E-state index contributed by atoms with van der Waals surface area (Å²) >= 11 is 0. The van der Waals surface area contributed by atoms with Crippen molar-refractivity contribution in [2.24, 2.45) is 0 Å². The van der Waals surface area contributed by atoms with E-state index in [9.17, 15) is 0 Å². The molecule has 3 unspecified atom stereocenters. The number of hydrogen-bond acceptors (Lipinski definition) is 4. The molecule has 1 aromatic carbocycles. The average molecular weight is 274 g/mol. The van der Waals surface area contributed by atoms with Gasteiger partial charge in [-0.3, -0.25) is 4.90 Å². The molecule has 3 atom stereocenters. The maximum Gasteiger partial charge on any atom is 0.161 e. The fourth-order valence-corrected chi connectivity index (χ4v) is 3.62. The minimum Gasteiger partial charge on any atom is -0.486 e. The van der Waals surface area contributed by atoms with E-state index in [0.717, 1.165) is 30.6 Å². The van der Waals surface area contributed by atoms with Crippen molar-refractivity contribution < 1.29 is 9.47 Å². The number of likely N-dealkylation sites (tertiary alicyclic amines) is 1. The van der Waals surface area contributed by atoms with Crippen molar-refractivity contribution >= 4 is 0 Å². The number of para-hydroxylation sites is 2. The zero-order chi connectivity index (χ0) is 13.4. The Morgan fingerprint density at radius 1 is 1.10 bits per heavy atom. The lowest BCUT2D eigenvalue weighted by Gasteiger charge is -2.32. The van der Waals surface area contributed by atoms with Gasteiger partial charge in [0.05, 0.1) is 0 Å². The molecule has 0 spiro atoms. The molecule has 3 heterocycles. The first-order chi connectivity index (χ1) is 9.87. The monoisotopic (exact) mass is 274 g/mol. The van der Waals surface area contributed by atoms with Gasteiger partial charge in [0.2, 0.25) is 0 Å². The highest BCUT2D eigenvalue weighted by Gasteiger charge is 2.31. The molecule has 4 heteroatoms. The molecule has 20 heavy (non-hydrogen) atoms. The van der Waals surface area contributed by atoms with Gasteiger partial charge < -0.3 is 14.8 Å². The summed E-state index contributed by atoms with van der Waals surface area (Å²) < 4.78 is 11.9. The third kappa shape index (κ3) is 2.50. The summed E-state index contributed by atoms with van der Waals surface area (Å²) in [5, 5.41) is 3.72. The summed E-state index contributed by atoms with van der Waals surface area (Å²) in [6.45, 7) is 3.96. The van der Waals surface area contributed by atoms with E-state index < -0.39 is 0 Å². The molecular weight excluding hydrogens is 252 g/mol. The molecule has 1 N–H and O–H groups in total. The van der Waals surface area contributed by atoms with Crippen LogP contribution in [0.3, 0.4) is 0 Å². The Labute approximate surface area is 120 Å². The zero-order valence-corrected chi connectivity index (χ0v) is 11.8. The highest BCUT2D eigenvalue weighted by atomic mass is 16.6. The van der Waals surface area contributed by atoms with Gasteiger partial charge in [0.25, 0.3) is 0 Å². The van der Waals surface area contributed by atoms with Crippen LogP contribution >= 0.6 is 0 Å². The van der Waals surface area contributed by atoms with E-state index in [-0.39, 0.29) is 6.10 Å². The third-order valence-electron chi connectivity index (χ3n) is 4.64. The van der Waals surface area contributed by atoms with E-state index in [4.69, 9.17) is 9.47 Å². The van der Waals surface area contributed by atoms with Crippen LogP contribution in [0.4, 0.5) is 0 Å². The quantitative estimate of drug-likeness (QED) is 0.889. The van der Waals surface area contributed by atoms with E-state index in [1.165, 1.54) is 25.8 Å². The number of nitrogens with zero attached hydrogens (tertiary/aromatic N) is 1. The molecule has 0 radical (unpaired) electrons. The summed E-state index contributed by atoms with van der Waals surface area (Å²) in [7, 11) is 0. The second-order valence-corrected chi connectivity index (χ2v) is 6.18. The second-order valence-electron chi connectivity index (χ2n) is 6.18. The lowest BCUT2D eigenvalue weighted by atomic mass is 10.1. The molecule has 4 nitrogen and oxygen atoms in total. The van der Waals surface area contributed by atoms with Gasteiger partial charge in [-0.1, -0.05) is 12.1 Å². The lowest BCUT2D eigenvalue weighted by molar-refractivity contribution is 0.0574. The number of ether oxygens (including phenoxy) is 2. The van der Waals surface area contributed by atoms with Gasteiger partial charge in [0, 0.05) is 25.2 Å². The second kappa shape index (κ2) is 5.26. The van der Waals surface area contributed by atoms with E-state index in [1.807, 2.05) is 24.3 Å². The maximum absolute atomic E-state index is 6.07. The van der Waals surface area contributed by atoms with Gasteiger partial charge in [-0.15, -0.1) is 0 Å². The van der Waals surface area contributed by atoms with Crippen LogP contribution in [0.15, 0.2) is 24.3 Å². The van der Waals surface area contributed by atoms with Gasteiger partial charge in [0.15, 0.2) is 11.5 Å². The molecule has 4 rings (SSSR count). The fraction of sp³-hybridized carbons (Fsp3) is 0.625. The summed E-state index contributed by atoms with van der Waals surface area (Å²) in [6.07, 6.45) is 4.10. The van der Waals surface area contributed by atoms with E-state index in [1.54, 1.807) is 0 Å². The lowest BCUT2D eigenvalue weighted by Crippen LogP contribution is -2.44. The van der Waals surface area contributed by atoms with Crippen LogP contribution in [0.1, 0.15) is 19.3 Å². The number of hydrogen-bond donors (Lipinski definition) is 1. The van der Waals surface area contributed by atoms with Crippen molar-refractivity contribution in [2.45, 2.75) is 37.5 Å². The highest BCUT2D eigenvalue weighted by molar-refractivity contribution is 5.40. The van der Waals surface area contributed by atoms with Crippen LogP contribution < -0.4 is 14.8 Å². The van der Waals surface area contributed by atoms with Crippen molar-refractivity contribution in [3.63, 3.8) is 0 Å². The minimum atomic E-state index is 0.154. The molecule has 1 aromatic rings. The molecule has 2 saturated heterocycles. The first-order valence-electron chi connectivity index (χ1n) is 7.74. The zero-order valence-electron chi connectivity index (χ0n) is 11.8. The normalized spacial score (nSPS) is 32.9. The fourth-order valence-electron chi connectivity index (χ4n) is 3.62. The van der Waals surface area contributed by atoms with Crippen LogP contribution in [0.5, 0.6) is 11.5 Å². The number of rotatable bonds is 2. The van der Waals surface area contributed by atoms with Gasteiger partial charge >= 0.3 is 0 Å². The third-order valence-corrected chi connectivity index (χ3v) is 4.64. The minimum absolute atomic E-state index is 0.154. The predicted molar refractivity (Wildman–Crippen MR) is 77.4 cm³/mol. The van der Waals surface area contributed by atoms with E-state index in [0.29, 0.717) is 12.6 Å². The topological polar surface area (TPSA) is 33.7 Å². The Bertz CT molecular complexity index is 479. The Morgan fingerprint density at radius 3 is 2.90 bits per heavy atom. The van der Waals surface area contributed by atoms with E-state index in [2.05, 4.69) is 10.2 Å². The van der Waals surface area contributed by atoms with E-state index >= 15 is 0 Å². The Balaban J connectivity index is 1.38. The SMILES string of the molecule is c1ccc2c(c1)OCC(CN1CCC3CCC(C1)N3)O2. The molecular formula is C16H22N2O2. The highest BCUT2D eigenvalue weighted by Crippen LogP contribution is 2.31. The summed E-state index contributed by atoms with van der Waals surface area (Å²) in [4.78, 5) is 2.54. The van der Waals surface area contributed by atoms with Crippen LogP contribution in [-0.2, 0) is 0 Å². The summed E-state index contributed by atoms with van der Waals surface area (Å²) in [6, 6.07) is 9.38. The Hall–Kier alpha value is -1.26. The van der Waals surface area contributed by atoms with Crippen LogP contribution in [0.2, 0.25) is 0 Å². The van der Waals surface area contributed by atoms with Crippen molar-refractivity contribution in [2.75, 3.05) is 26.2 Å². The van der Waals surface area contributed by atoms with Gasteiger partial charge in [-0.05, 0) is 37.9 Å². The summed E-state index contributed by atoms with van der Waals surface area (Å²) in [5.74, 6) is 1.76. The first kappa shape index (κ1) is 12.5. The molecule has 0 aliphatic carbocycles. The molecule has 108 valence electrons. The molecule has 0 amide bonds. The largest absolute Gasteiger partial charge is 0.486 e. The van der Waals surface area contributed by atoms with Crippen molar-refractivity contribution in [1.29, 1.82) is 0 Å². The van der Waals surface area contributed by atoms with Crippen molar-refractivity contribution in [1.82, 2.24) is 10.2 Å². The molecule has 0 aromatic heterocycles. The molecule has 3 aliphatic heterocycles. The summed E-state index contributed by atoms with van der Waals surface area (Å²) in [5.41, 5.74) is 0. The first-order valence-corrected chi connectivity index (χ1v) is 7.74. The molecule has 2 bridgehead atoms. The van der Waals surface area contributed by atoms with Crippen molar-refractivity contribution in [3.8, 4) is 11.5 Å². The molecule has 2 fully saturated rings. The Morgan fingerprint density at radius 2 is 1.95 bits per heavy atom. The Kier molecular flexibility index (Phi) is 3.28. The maximum atomic E-state index is 6.07. The number of benzene rings is 1. The molecule has 0 saturated carbocycles. The van der Waals surface area contributed by atoms with Crippen molar-refractivity contribution in [3.05, 3.63) is 24.3 Å². The van der Waals surface area contributed by atoms with Crippen LogP contribution in [-0.4, -0.2) is 49.3 Å². The van der Waals surface area contributed by atoms with Crippen LogP contribution in [0.25, 0.3) is 0 Å². The van der Waals surface area contributed by atoms with Crippen LogP contribution in [0, 0.1) is 0 Å².